The molecule has 0 aliphatic carbocycles. The van der Waals surface area contributed by atoms with Crippen LogP contribution >= 0.6 is 0 Å². The number of nitrogens with zero attached hydrogens (tertiary/aromatic N) is 2. The van der Waals surface area contributed by atoms with Gasteiger partial charge in [0.1, 0.15) is 5.82 Å². The van der Waals surface area contributed by atoms with Gasteiger partial charge in [-0.2, -0.15) is 0 Å². The Kier molecular flexibility index (Phi) is 5.94. The second-order valence-electron chi connectivity index (χ2n) is 6.39. The largest absolute Gasteiger partial charge is 0.493 e. The highest BCUT2D eigenvalue weighted by Crippen LogP contribution is 2.31. The number of hydrogen-bond acceptors (Lipinski definition) is 5. The molecule has 1 N–H and O–H groups in total. The Bertz CT molecular complexity index is 680. The number of nitrogens with one attached hydrogen (secondary N) is 1. The number of hydrogen-bond donors (Lipinski definition) is 1. The molecule has 0 saturated carbocycles. The smallest absolute Gasteiger partial charge is 0.161 e. The molecule has 1 atom stereocenters. The van der Waals surface area contributed by atoms with E-state index in [1.807, 2.05) is 31.6 Å². The van der Waals surface area contributed by atoms with Crippen LogP contribution in [0.15, 0.2) is 30.6 Å². The van der Waals surface area contributed by atoms with E-state index in [-0.39, 0.29) is 6.04 Å². The summed E-state index contributed by atoms with van der Waals surface area (Å²) in [5, 5.41) is 3.70. The van der Waals surface area contributed by atoms with Crippen molar-refractivity contribution in [1.29, 1.82) is 0 Å². The Labute approximate surface area is 149 Å². The number of ether oxygens (including phenoxy) is 3. The molecule has 136 valence electrons. The second-order valence-corrected chi connectivity index (χ2v) is 6.39. The summed E-state index contributed by atoms with van der Waals surface area (Å²) in [7, 11) is 5.36. The first-order valence-corrected chi connectivity index (χ1v) is 8.72. The molecule has 1 aliphatic heterocycles. The van der Waals surface area contributed by atoms with E-state index in [4.69, 9.17) is 14.2 Å². The second kappa shape index (κ2) is 8.36. The lowest BCUT2D eigenvalue weighted by atomic mass is 9.91. The maximum Gasteiger partial charge on any atom is 0.161 e. The molecule has 2 heterocycles. The quantitative estimate of drug-likeness (QED) is 0.836. The predicted octanol–water partition coefficient (Wildman–Crippen LogP) is 2.69. The average Bonchev–Trinajstić information content (AvgIpc) is 3.08. The maximum atomic E-state index is 5.53. The van der Waals surface area contributed by atoms with Crippen LogP contribution in [0.25, 0.3) is 0 Å². The minimum atomic E-state index is 0.206. The van der Waals surface area contributed by atoms with E-state index < -0.39 is 0 Å². The van der Waals surface area contributed by atoms with Gasteiger partial charge in [-0.05, 0) is 36.5 Å². The zero-order valence-electron chi connectivity index (χ0n) is 15.2. The van der Waals surface area contributed by atoms with Gasteiger partial charge < -0.3 is 24.1 Å². The van der Waals surface area contributed by atoms with Crippen LogP contribution in [-0.4, -0.2) is 37.0 Å². The monoisotopic (exact) mass is 345 g/mol. The van der Waals surface area contributed by atoms with E-state index in [0.29, 0.717) is 5.92 Å². The van der Waals surface area contributed by atoms with Crippen molar-refractivity contribution in [2.75, 3.05) is 27.4 Å². The molecule has 1 saturated heterocycles. The van der Waals surface area contributed by atoms with Crippen molar-refractivity contribution in [3.8, 4) is 11.5 Å². The van der Waals surface area contributed by atoms with Crippen molar-refractivity contribution in [3.63, 3.8) is 0 Å². The molecule has 0 radical (unpaired) electrons. The van der Waals surface area contributed by atoms with Crippen molar-refractivity contribution in [2.24, 2.45) is 13.0 Å². The molecule has 25 heavy (non-hydrogen) atoms. The van der Waals surface area contributed by atoms with E-state index in [9.17, 15) is 0 Å². The Hall–Kier alpha value is -2.05. The van der Waals surface area contributed by atoms with Gasteiger partial charge in [0.15, 0.2) is 11.5 Å². The highest BCUT2D eigenvalue weighted by molar-refractivity contribution is 5.42. The van der Waals surface area contributed by atoms with Crippen molar-refractivity contribution >= 4 is 0 Å². The Balaban J connectivity index is 1.75. The molecule has 6 heteroatoms. The van der Waals surface area contributed by atoms with Crippen LogP contribution in [0.1, 0.15) is 30.3 Å². The third-order valence-electron chi connectivity index (χ3n) is 4.85. The molecule has 0 bridgehead atoms. The normalized spacial score (nSPS) is 16.6. The average molecular weight is 345 g/mol. The van der Waals surface area contributed by atoms with Crippen molar-refractivity contribution in [1.82, 2.24) is 14.9 Å². The van der Waals surface area contributed by atoms with Gasteiger partial charge in [-0.25, -0.2) is 4.98 Å². The molecule has 1 fully saturated rings. The zero-order chi connectivity index (χ0) is 17.6. The van der Waals surface area contributed by atoms with Gasteiger partial charge in [0.2, 0.25) is 0 Å². The van der Waals surface area contributed by atoms with Gasteiger partial charge in [0, 0.05) is 39.2 Å². The van der Waals surface area contributed by atoms with Crippen LogP contribution in [0.3, 0.4) is 0 Å². The topological polar surface area (TPSA) is 57.5 Å². The van der Waals surface area contributed by atoms with Gasteiger partial charge in [-0.1, -0.05) is 6.07 Å². The Morgan fingerprint density at radius 2 is 2.00 bits per heavy atom. The SMILES string of the molecule is COc1ccc(CN[C@H](c2nccn2C)C2CCOCC2)cc1OC. The minimum absolute atomic E-state index is 0.206. The van der Waals surface area contributed by atoms with Gasteiger partial charge in [-0.3, -0.25) is 0 Å². The predicted molar refractivity (Wildman–Crippen MR) is 95.9 cm³/mol. The third kappa shape index (κ3) is 4.14. The summed E-state index contributed by atoms with van der Waals surface area (Å²) in [6.07, 6.45) is 5.96. The lowest BCUT2D eigenvalue weighted by molar-refractivity contribution is 0.0518. The molecule has 6 nitrogen and oxygen atoms in total. The summed E-state index contributed by atoms with van der Waals surface area (Å²) < 4.78 is 18.3. The van der Waals surface area contributed by atoms with Crippen molar-refractivity contribution < 1.29 is 14.2 Å². The molecule has 0 unspecified atom stereocenters. The van der Waals surface area contributed by atoms with Gasteiger partial charge in [0.25, 0.3) is 0 Å². The number of aryl methyl sites for hydroxylation is 1. The fourth-order valence-electron chi connectivity index (χ4n) is 3.41. The fourth-order valence-corrected chi connectivity index (χ4v) is 3.41. The lowest BCUT2D eigenvalue weighted by Gasteiger charge is -2.31. The number of aromatic nitrogens is 2. The number of imidazole rings is 1. The van der Waals surface area contributed by atoms with E-state index in [0.717, 1.165) is 55.5 Å². The highest BCUT2D eigenvalue weighted by atomic mass is 16.5. The first-order chi connectivity index (χ1) is 12.2. The van der Waals surface area contributed by atoms with Crippen LogP contribution in [-0.2, 0) is 18.3 Å². The van der Waals surface area contributed by atoms with E-state index in [2.05, 4.69) is 20.9 Å². The van der Waals surface area contributed by atoms with Gasteiger partial charge in [-0.15, -0.1) is 0 Å². The molecule has 0 spiro atoms. The zero-order valence-corrected chi connectivity index (χ0v) is 15.2. The van der Waals surface area contributed by atoms with Crippen LogP contribution < -0.4 is 14.8 Å². The molecule has 2 aromatic rings. The lowest BCUT2D eigenvalue weighted by Crippen LogP contribution is -2.33. The van der Waals surface area contributed by atoms with Crippen LogP contribution in [0.5, 0.6) is 11.5 Å². The number of rotatable bonds is 7. The first-order valence-electron chi connectivity index (χ1n) is 8.72. The van der Waals surface area contributed by atoms with Gasteiger partial charge in [0.05, 0.1) is 20.3 Å². The van der Waals surface area contributed by atoms with E-state index >= 15 is 0 Å². The maximum absolute atomic E-state index is 5.53. The molecular formula is C19H27N3O3. The van der Waals surface area contributed by atoms with Crippen LogP contribution in [0.4, 0.5) is 0 Å². The number of benzene rings is 1. The summed E-state index contributed by atoms with van der Waals surface area (Å²) in [6.45, 7) is 2.39. The first kappa shape index (κ1) is 17.8. The molecular weight excluding hydrogens is 318 g/mol. The molecule has 3 rings (SSSR count). The Morgan fingerprint density at radius 3 is 2.64 bits per heavy atom. The summed E-state index contributed by atoms with van der Waals surface area (Å²) in [6, 6.07) is 6.23. The standard InChI is InChI=1S/C19H27N3O3/c1-22-9-8-20-19(22)18(15-6-10-25-11-7-15)21-13-14-4-5-16(23-2)17(12-14)24-3/h4-5,8-9,12,15,18,21H,6-7,10-11,13H2,1-3H3/t18-/m0/s1. The van der Waals surface area contributed by atoms with Gasteiger partial charge >= 0.3 is 0 Å². The summed E-state index contributed by atoms with van der Waals surface area (Å²) in [5.41, 5.74) is 1.16. The van der Waals surface area contributed by atoms with Crippen LogP contribution in [0, 0.1) is 5.92 Å². The highest BCUT2D eigenvalue weighted by Gasteiger charge is 2.27. The van der Waals surface area contributed by atoms with Crippen molar-refractivity contribution in [3.05, 3.63) is 42.0 Å². The summed E-state index contributed by atoms with van der Waals surface area (Å²) >= 11 is 0. The number of methoxy groups -OCH3 is 2. The molecule has 0 amide bonds. The van der Waals surface area contributed by atoms with E-state index in [1.54, 1.807) is 14.2 Å². The molecule has 1 aromatic carbocycles. The van der Waals surface area contributed by atoms with Crippen molar-refractivity contribution in [2.45, 2.75) is 25.4 Å². The minimum Gasteiger partial charge on any atom is -0.493 e. The summed E-state index contributed by atoms with van der Waals surface area (Å²) in [4.78, 5) is 4.58. The molecule has 1 aliphatic rings. The summed E-state index contributed by atoms with van der Waals surface area (Å²) in [5.74, 6) is 3.10. The molecule has 1 aromatic heterocycles. The van der Waals surface area contributed by atoms with Crippen LogP contribution in [0.2, 0.25) is 0 Å². The fraction of sp³-hybridized carbons (Fsp3) is 0.526. The van der Waals surface area contributed by atoms with E-state index in [1.165, 1.54) is 0 Å². The Morgan fingerprint density at radius 1 is 1.24 bits per heavy atom. The third-order valence-corrected chi connectivity index (χ3v) is 4.85.